The van der Waals surface area contributed by atoms with Gasteiger partial charge >= 0.3 is 0 Å². The molecule has 0 atom stereocenters. The van der Waals surface area contributed by atoms with E-state index >= 15 is 0 Å². The Morgan fingerprint density at radius 1 is 1.33 bits per heavy atom. The van der Waals surface area contributed by atoms with E-state index in [1.807, 2.05) is 20.8 Å². The van der Waals surface area contributed by atoms with Gasteiger partial charge in [-0.25, -0.2) is 0 Å². The van der Waals surface area contributed by atoms with Crippen molar-refractivity contribution in [2.24, 2.45) is 0 Å². The molecule has 0 saturated heterocycles. The summed E-state index contributed by atoms with van der Waals surface area (Å²) in [5.41, 5.74) is -0.179. The zero-order chi connectivity index (χ0) is 11.6. The maximum atomic E-state index is 11.2. The first-order chi connectivity index (χ1) is 6.81. The van der Waals surface area contributed by atoms with Crippen molar-refractivity contribution < 1.29 is 9.53 Å². The first-order valence-corrected chi connectivity index (χ1v) is 5.24. The van der Waals surface area contributed by atoms with Crippen LogP contribution in [0, 0.1) is 0 Å². The molecule has 2 nitrogen and oxygen atoms in total. The number of carbonyl (C=O) groups is 1. The molecule has 4 heteroatoms. The Balaban J connectivity index is 3.18. The Morgan fingerprint density at radius 3 is 2.40 bits per heavy atom. The minimum absolute atomic E-state index is 0.218. The van der Waals surface area contributed by atoms with Crippen molar-refractivity contribution in [2.75, 3.05) is 0 Å². The molecule has 0 saturated carbocycles. The summed E-state index contributed by atoms with van der Waals surface area (Å²) in [5.74, 6) is 0.412. The summed E-state index contributed by atoms with van der Waals surface area (Å²) in [7, 11) is 0. The number of halogens is 2. The van der Waals surface area contributed by atoms with Crippen LogP contribution in [0.2, 0.25) is 5.02 Å². The lowest BCUT2D eigenvalue weighted by Crippen LogP contribution is -2.24. The van der Waals surface area contributed by atoms with Crippen LogP contribution in [-0.2, 0) is 0 Å². The van der Waals surface area contributed by atoms with Gasteiger partial charge in [0.25, 0.3) is 5.24 Å². The van der Waals surface area contributed by atoms with Gasteiger partial charge in [0.05, 0.1) is 10.6 Å². The molecule has 0 fully saturated rings. The summed E-state index contributed by atoms with van der Waals surface area (Å²) in [6.07, 6.45) is 0. The summed E-state index contributed by atoms with van der Waals surface area (Å²) >= 11 is 11.3. The van der Waals surface area contributed by atoms with Gasteiger partial charge in [-0.15, -0.1) is 0 Å². The fraction of sp³-hybridized carbons (Fsp3) is 0.364. The number of hydrogen-bond donors (Lipinski definition) is 0. The Morgan fingerprint density at radius 2 is 1.93 bits per heavy atom. The molecule has 0 aliphatic rings. The van der Waals surface area contributed by atoms with Crippen LogP contribution in [-0.4, -0.2) is 10.8 Å². The number of rotatable bonds is 2. The predicted molar refractivity (Wildman–Crippen MR) is 62.0 cm³/mol. The van der Waals surface area contributed by atoms with Crippen LogP contribution < -0.4 is 4.74 Å². The second-order valence-corrected chi connectivity index (χ2v) is 4.85. The predicted octanol–water partition coefficient (Wildman–Crippen LogP) is 3.90. The highest BCUT2D eigenvalue weighted by Crippen LogP contribution is 2.30. The average molecular weight is 247 g/mol. The van der Waals surface area contributed by atoms with E-state index < -0.39 is 10.8 Å². The van der Waals surface area contributed by atoms with Crippen LogP contribution in [0.5, 0.6) is 5.75 Å². The molecule has 0 heterocycles. The number of hydrogen-bond acceptors (Lipinski definition) is 2. The van der Waals surface area contributed by atoms with Crippen molar-refractivity contribution in [1.29, 1.82) is 0 Å². The summed E-state index contributed by atoms with van der Waals surface area (Å²) < 4.78 is 5.59. The quantitative estimate of drug-likeness (QED) is 0.741. The van der Waals surface area contributed by atoms with Gasteiger partial charge in [-0.05, 0) is 44.5 Å². The maximum Gasteiger partial charge on any atom is 0.257 e. The van der Waals surface area contributed by atoms with Crippen molar-refractivity contribution in [3.63, 3.8) is 0 Å². The second kappa shape index (κ2) is 4.42. The van der Waals surface area contributed by atoms with Crippen LogP contribution in [0.1, 0.15) is 31.1 Å². The van der Waals surface area contributed by atoms with Gasteiger partial charge < -0.3 is 4.74 Å². The number of ether oxygens (including phenoxy) is 1. The standard InChI is InChI=1S/C11H12Cl2O2/c1-11(2,3)15-8-6-4-5-7(12)9(8)10(13)14/h4-6H,1-3H3. The molecular weight excluding hydrogens is 235 g/mol. The van der Waals surface area contributed by atoms with Crippen LogP contribution in [0.25, 0.3) is 0 Å². The summed E-state index contributed by atoms with van der Waals surface area (Å²) in [6, 6.07) is 4.99. The topological polar surface area (TPSA) is 26.3 Å². The third-order valence-corrected chi connectivity index (χ3v) is 2.09. The van der Waals surface area contributed by atoms with Gasteiger partial charge in [0.2, 0.25) is 0 Å². The van der Waals surface area contributed by atoms with Crippen LogP contribution >= 0.6 is 23.2 Å². The lowest BCUT2D eigenvalue weighted by atomic mass is 10.1. The van der Waals surface area contributed by atoms with Gasteiger partial charge in [-0.3, -0.25) is 4.79 Å². The fourth-order valence-corrected chi connectivity index (χ4v) is 1.61. The zero-order valence-corrected chi connectivity index (χ0v) is 10.3. The van der Waals surface area contributed by atoms with E-state index in [0.717, 1.165) is 0 Å². The van der Waals surface area contributed by atoms with Gasteiger partial charge in [-0.2, -0.15) is 0 Å². The SMILES string of the molecule is CC(C)(C)Oc1cccc(Cl)c1C(=O)Cl. The Hall–Kier alpha value is -0.730. The summed E-state index contributed by atoms with van der Waals surface area (Å²) in [4.78, 5) is 11.2. The number of carbonyl (C=O) groups excluding carboxylic acids is 1. The van der Waals surface area contributed by atoms with Crippen molar-refractivity contribution in [3.8, 4) is 5.75 Å². The molecule has 15 heavy (non-hydrogen) atoms. The first kappa shape index (κ1) is 12.3. The molecule has 0 amide bonds. The zero-order valence-electron chi connectivity index (χ0n) is 8.80. The third kappa shape index (κ3) is 3.40. The largest absolute Gasteiger partial charge is 0.487 e. The van der Waals surface area contributed by atoms with Gasteiger partial charge in [0.15, 0.2) is 0 Å². The van der Waals surface area contributed by atoms with Crippen LogP contribution in [0.15, 0.2) is 18.2 Å². The molecule has 0 aliphatic heterocycles. The molecular formula is C11H12Cl2O2. The molecule has 1 aromatic carbocycles. The summed E-state index contributed by atoms with van der Waals surface area (Å²) in [6.45, 7) is 5.66. The first-order valence-electron chi connectivity index (χ1n) is 4.48. The monoisotopic (exact) mass is 246 g/mol. The van der Waals surface area contributed by atoms with E-state index in [2.05, 4.69) is 0 Å². The molecule has 1 rings (SSSR count). The van der Waals surface area contributed by atoms with Gasteiger partial charge in [-0.1, -0.05) is 17.7 Å². The Kier molecular flexibility index (Phi) is 3.63. The average Bonchev–Trinajstić information content (AvgIpc) is 1.99. The normalized spacial score (nSPS) is 11.3. The van der Waals surface area contributed by atoms with E-state index in [1.165, 1.54) is 0 Å². The third-order valence-electron chi connectivity index (χ3n) is 1.59. The van der Waals surface area contributed by atoms with Crippen molar-refractivity contribution >= 4 is 28.4 Å². The minimum atomic E-state index is -0.611. The fourth-order valence-electron chi connectivity index (χ4n) is 1.11. The smallest absolute Gasteiger partial charge is 0.257 e. The molecule has 0 spiro atoms. The van der Waals surface area contributed by atoms with Gasteiger partial charge in [0.1, 0.15) is 11.4 Å². The van der Waals surface area contributed by atoms with E-state index in [1.54, 1.807) is 18.2 Å². The Bertz CT molecular complexity index is 381. The van der Waals surface area contributed by atoms with E-state index in [-0.39, 0.29) is 5.56 Å². The molecule has 0 radical (unpaired) electrons. The second-order valence-electron chi connectivity index (χ2n) is 4.10. The molecule has 0 N–H and O–H groups in total. The maximum absolute atomic E-state index is 11.2. The molecule has 82 valence electrons. The number of benzene rings is 1. The van der Waals surface area contributed by atoms with Crippen LogP contribution in [0.3, 0.4) is 0 Å². The highest BCUT2D eigenvalue weighted by atomic mass is 35.5. The molecule has 0 unspecified atom stereocenters. The summed E-state index contributed by atoms with van der Waals surface area (Å²) in [5, 5.41) is -0.309. The highest BCUT2D eigenvalue weighted by Gasteiger charge is 2.19. The van der Waals surface area contributed by atoms with Crippen LogP contribution in [0.4, 0.5) is 0 Å². The lowest BCUT2D eigenvalue weighted by Gasteiger charge is -2.22. The van der Waals surface area contributed by atoms with E-state index in [9.17, 15) is 4.79 Å². The van der Waals surface area contributed by atoms with Gasteiger partial charge in [0, 0.05) is 0 Å². The van der Waals surface area contributed by atoms with Crippen molar-refractivity contribution in [2.45, 2.75) is 26.4 Å². The van der Waals surface area contributed by atoms with Crippen molar-refractivity contribution in [1.82, 2.24) is 0 Å². The van der Waals surface area contributed by atoms with Crippen molar-refractivity contribution in [3.05, 3.63) is 28.8 Å². The van der Waals surface area contributed by atoms with E-state index in [4.69, 9.17) is 27.9 Å². The molecule has 0 aromatic heterocycles. The highest BCUT2D eigenvalue weighted by molar-refractivity contribution is 6.69. The molecule has 0 bridgehead atoms. The lowest BCUT2D eigenvalue weighted by molar-refractivity contribution is 0.105. The van der Waals surface area contributed by atoms with E-state index in [0.29, 0.717) is 10.8 Å². The molecule has 0 aliphatic carbocycles. The molecule has 1 aromatic rings. The minimum Gasteiger partial charge on any atom is -0.487 e. The Labute approximate surface area is 99.1 Å².